The van der Waals surface area contributed by atoms with Crippen molar-refractivity contribution in [3.8, 4) is 0 Å². The van der Waals surface area contributed by atoms with Gasteiger partial charge in [0.2, 0.25) is 0 Å². The van der Waals surface area contributed by atoms with Crippen molar-refractivity contribution in [1.29, 1.82) is 0 Å². The van der Waals surface area contributed by atoms with Gasteiger partial charge in [0.15, 0.2) is 11.5 Å². The Hall–Kier alpha value is -1.60. The van der Waals surface area contributed by atoms with Crippen LogP contribution >= 0.6 is 0 Å². The average molecular weight is 271 g/mol. The monoisotopic (exact) mass is 271 g/mol. The van der Waals surface area contributed by atoms with Crippen LogP contribution in [0.5, 0.6) is 0 Å². The normalized spacial score (nSPS) is 29.9. The maximum atomic E-state index is 14.5. The van der Waals surface area contributed by atoms with E-state index in [9.17, 15) is 13.6 Å². The minimum Gasteiger partial charge on any atom is -0.326 e. The lowest BCUT2D eigenvalue weighted by atomic mass is 10.0. The van der Waals surface area contributed by atoms with Gasteiger partial charge in [0.25, 0.3) is 5.91 Å². The molecule has 0 aromatic carbocycles. The third-order valence-corrected chi connectivity index (χ3v) is 3.95. The Kier molecular flexibility index (Phi) is 2.94. The molecular weight excluding hydrogens is 256 g/mol. The number of hydrogen-bond acceptors (Lipinski definition) is 4. The quantitative estimate of drug-likeness (QED) is 0.873. The molecule has 0 radical (unpaired) electrons. The second kappa shape index (κ2) is 4.50. The summed E-state index contributed by atoms with van der Waals surface area (Å²) in [5, 5.41) is 13.3. The number of alkyl halides is 2. The van der Waals surface area contributed by atoms with Crippen LogP contribution < -0.4 is 0 Å². The van der Waals surface area contributed by atoms with Gasteiger partial charge in [-0.3, -0.25) is 4.79 Å². The maximum Gasteiger partial charge on any atom is 0.260 e. The lowest BCUT2D eigenvalue weighted by Gasteiger charge is -2.28. The highest BCUT2D eigenvalue weighted by Gasteiger charge is 2.49. The van der Waals surface area contributed by atoms with E-state index in [-0.39, 0.29) is 31.6 Å². The zero-order chi connectivity index (χ0) is 13.5. The maximum absolute atomic E-state index is 14.5. The standard InChI is InChI=1S/C11H15F2N5O/c12-7-5-8(9-14-16-17-15-9)18(6-7)10(19)11(13)3-1-2-4-11/h7-8H,1-6H2,(H,14,15,16,17). The zero-order valence-electron chi connectivity index (χ0n) is 10.4. The van der Waals surface area contributed by atoms with Gasteiger partial charge in [0.1, 0.15) is 6.17 Å². The molecule has 1 aliphatic heterocycles. The molecule has 2 aliphatic rings. The number of aromatic amines is 1. The summed E-state index contributed by atoms with van der Waals surface area (Å²) < 4.78 is 28.1. The van der Waals surface area contributed by atoms with E-state index in [0.717, 1.165) is 0 Å². The number of hydrogen-bond donors (Lipinski definition) is 1. The molecule has 3 rings (SSSR count). The molecule has 2 unspecified atom stereocenters. The van der Waals surface area contributed by atoms with E-state index in [0.29, 0.717) is 12.8 Å². The van der Waals surface area contributed by atoms with Gasteiger partial charge in [-0.05, 0) is 25.7 Å². The summed E-state index contributed by atoms with van der Waals surface area (Å²) >= 11 is 0. The van der Waals surface area contributed by atoms with Gasteiger partial charge in [0.05, 0.1) is 12.6 Å². The first kappa shape index (κ1) is 12.4. The Labute approximate surface area is 108 Å². The third-order valence-electron chi connectivity index (χ3n) is 3.95. The van der Waals surface area contributed by atoms with E-state index >= 15 is 0 Å². The summed E-state index contributed by atoms with van der Waals surface area (Å²) in [4.78, 5) is 13.6. The number of carbonyl (C=O) groups is 1. The predicted molar refractivity (Wildman–Crippen MR) is 60.5 cm³/mol. The van der Waals surface area contributed by atoms with Crippen LogP contribution in [0.4, 0.5) is 8.78 Å². The minimum atomic E-state index is -1.84. The molecule has 19 heavy (non-hydrogen) atoms. The number of aromatic nitrogens is 4. The van der Waals surface area contributed by atoms with Gasteiger partial charge in [0, 0.05) is 6.42 Å². The average Bonchev–Trinajstić information content (AvgIpc) is 3.07. The molecule has 1 aromatic heterocycles. The number of halogens is 2. The summed E-state index contributed by atoms with van der Waals surface area (Å²) in [6, 6.07) is -0.616. The first-order chi connectivity index (χ1) is 9.10. The Bertz CT molecular complexity index is 460. The molecule has 104 valence electrons. The fraction of sp³-hybridized carbons (Fsp3) is 0.818. The van der Waals surface area contributed by atoms with Crippen molar-refractivity contribution in [2.45, 2.75) is 50.0 Å². The fourth-order valence-corrected chi connectivity index (χ4v) is 2.97. The van der Waals surface area contributed by atoms with E-state index in [2.05, 4.69) is 20.6 Å². The number of nitrogens with zero attached hydrogens (tertiary/aromatic N) is 4. The summed E-state index contributed by atoms with van der Waals surface area (Å²) in [6.45, 7) is -0.0935. The van der Waals surface area contributed by atoms with Crippen LogP contribution in [-0.2, 0) is 4.79 Å². The molecule has 1 N–H and O–H groups in total. The Morgan fingerprint density at radius 1 is 1.42 bits per heavy atom. The van der Waals surface area contributed by atoms with Crippen molar-refractivity contribution < 1.29 is 13.6 Å². The van der Waals surface area contributed by atoms with Crippen LogP contribution in [-0.4, -0.2) is 49.8 Å². The van der Waals surface area contributed by atoms with Crippen LogP contribution in [0.25, 0.3) is 0 Å². The second-order valence-electron chi connectivity index (χ2n) is 5.25. The lowest BCUT2D eigenvalue weighted by Crippen LogP contribution is -2.44. The van der Waals surface area contributed by atoms with E-state index in [1.807, 2.05) is 0 Å². The van der Waals surface area contributed by atoms with E-state index in [1.54, 1.807) is 0 Å². The number of rotatable bonds is 2. The summed E-state index contributed by atoms with van der Waals surface area (Å²) in [6.07, 6.45) is 0.763. The van der Waals surface area contributed by atoms with Crippen molar-refractivity contribution in [2.24, 2.45) is 0 Å². The molecule has 2 atom stereocenters. The first-order valence-electron chi connectivity index (χ1n) is 6.47. The highest BCUT2D eigenvalue weighted by molar-refractivity contribution is 5.86. The molecule has 1 aromatic rings. The van der Waals surface area contributed by atoms with Crippen molar-refractivity contribution >= 4 is 5.91 Å². The Morgan fingerprint density at radius 3 is 2.79 bits per heavy atom. The molecule has 1 saturated carbocycles. The smallest absolute Gasteiger partial charge is 0.260 e. The molecular formula is C11H15F2N5O. The van der Waals surface area contributed by atoms with Gasteiger partial charge >= 0.3 is 0 Å². The Balaban J connectivity index is 1.84. The molecule has 1 aliphatic carbocycles. The summed E-state index contributed by atoms with van der Waals surface area (Å²) in [5.41, 5.74) is -1.84. The highest BCUT2D eigenvalue weighted by atomic mass is 19.1. The van der Waals surface area contributed by atoms with Crippen LogP contribution in [0.15, 0.2) is 0 Å². The molecule has 0 bridgehead atoms. The van der Waals surface area contributed by atoms with Gasteiger partial charge in [-0.1, -0.05) is 5.21 Å². The molecule has 0 spiro atoms. The minimum absolute atomic E-state index is 0.0935. The van der Waals surface area contributed by atoms with Crippen LogP contribution in [0.3, 0.4) is 0 Å². The van der Waals surface area contributed by atoms with Crippen molar-refractivity contribution in [2.75, 3.05) is 6.54 Å². The van der Waals surface area contributed by atoms with Crippen LogP contribution in [0.1, 0.15) is 44.0 Å². The topological polar surface area (TPSA) is 74.8 Å². The highest BCUT2D eigenvalue weighted by Crippen LogP contribution is 2.40. The number of carbonyl (C=O) groups excluding carboxylic acids is 1. The fourth-order valence-electron chi connectivity index (χ4n) is 2.97. The molecule has 1 amide bonds. The number of tetrazole rings is 1. The van der Waals surface area contributed by atoms with Gasteiger partial charge in [-0.15, -0.1) is 10.2 Å². The van der Waals surface area contributed by atoms with E-state index < -0.39 is 23.8 Å². The predicted octanol–water partition coefficient (Wildman–Crippen LogP) is 1.09. The largest absolute Gasteiger partial charge is 0.326 e. The van der Waals surface area contributed by atoms with Gasteiger partial charge in [-0.2, -0.15) is 5.21 Å². The van der Waals surface area contributed by atoms with Crippen molar-refractivity contribution in [1.82, 2.24) is 25.5 Å². The number of H-pyrrole nitrogens is 1. The van der Waals surface area contributed by atoms with Gasteiger partial charge in [-0.25, -0.2) is 8.78 Å². The summed E-state index contributed by atoms with van der Waals surface area (Å²) in [5.74, 6) is -0.380. The zero-order valence-corrected chi connectivity index (χ0v) is 10.4. The Morgan fingerprint density at radius 2 is 2.16 bits per heavy atom. The lowest BCUT2D eigenvalue weighted by molar-refractivity contribution is -0.145. The first-order valence-corrected chi connectivity index (χ1v) is 6.47. The van der Waals surface area contributed by atoms with Gasteiger partial charge < -0.3 is 4.90 Å². The van der Waals surface area contributed by atoms with Crippen molar-refractivity contribution in [3.63, 3.8) is 0 Å². The molecule has 6 nitrogen and oxygen atoms in total. The van der Waals surface area contributed by atoms with Crippen LogP contribution in [0.2, 0.25) is 0 Å². The number of likely N-dealkylation sites (tertiary alicyclic amines) is 1. The van der Waals surface area contributed by atoms with Crippen molar-refractivity contribution in [3.05, 3.63) is 5.82 Å². The molecule has 8 heteroatoms. The number of nitrogens with one attached hydrogen (secondary N) is 1. The SMILES string of the molecule is O=C(N1CC(F)CC1c1nn[nH]n1)C1(F)CCCC1. The number of amides is 1. The molecule has 1 saturated heterocycles. The summed E-state index contributed by atoms with van der Waals surface area (Å²) in [7, 11) is 0. The molecule has 2 fully saturated rings. The second-order valence-corrected chi connectivity index (χ2v) is 5.25. The van der Waals surface area contributed by atoms with E-state index in [1.165, 1.54) is 4.90 Å². The third kappa shape index (κ3) is 2.08. The van der Waals surface area contributed by atoms with E-state index in [4.69, 9.17) is 0 Å². The van der Waals surface area contributed by atoms with Crippen LogP contribution in [0, 0.1) is 0 Å². The molecule has 2 heterocycles.